The number of likely N-dealkylation sites (N-methyl/N-ethyl adjacent to an activating group) is 1. The van der Waals surface area contributed by atoms with Crippen LogP contribution in [0.25, 0.3) is 0 Å². The van der Waals surface area contributed by atoms with Gasteiger partial charge in [-0.25, -0.2) is 0 Å². The van der Waals surface area contributed by atoms with Crippen molar-refractivity contribution in [3.05, 3.63) is 35.4 Å². The molecule has 0 aliphatic carbocycles. The Balaban J connectivity index is 2.44. The molecule has 1 aromatic rings. The largest absolute Gasteiger partial charge is 0.358 e. The Morgan fingerprint density at radius 2 is 1.83 bits per heavy atom. The van der Waals surface area contributed by atoms with Crippen LogP contribution < -0.4 is 10.6 Å². The Kier molecular flexibility index (Phi) is 5.35. The fraction of sp³-hybridized carbons (Fsp3) is 0.533. The van der Waals surface area contributed by atoms with E-state index in [9.17, 15) is 4.79 Å². The predicted octanol–water partition coefficient (Wildman–Crippen LogP) is 2.00. The molecule has 0 radical (unpaired) electrons. The molecule has 18 heavy (non-hydrogen) atoms. The van der Waals surface area contributed by atoms with Gasteiger partial charge >= 0.3 is 0 Å². The van der Waals surface area contributed by atoms with Crippen molar-refractivity contribution in [2.75, 3.05) is 20.1 Å². The van der Waals surface area contributed by atoms with Gasteiger partial charge in [0.2, 0.25) is 5.91 Å². The molecule has 1 aromatic carbocycles. The molecule has 0 aliphatic heterocycles. The van der Waals surface area contributed by atoms with E-state index in [0.717, 1.165) is 13.0 Å². The Bertz CT molecular complexity index is 382. The maximum Gasteiger partial charge on any atom is 0.233 e. The lowest BCUT2D eigenvalue weighted by Gasteiger charge is -2.25. The van der Waals surface area contributed by atoms with E-state index in [1.54, 1.807) is 7.05 Å². The molecule has 0 saturated carbocycles. The van der Waals surface area contributed by atoms with Crippen molar-refractivity contribution < 1.29 is 4.79 Å². The lowest BCUT2D eigenvalue weighted by atomic mass is 9.81. The number of carbonyl (C=O) groups is 1. The molecule has 0 aromatic heterocycles. The smallest absolute Gasteiger partial charge is 0.233 e. The third-order valence-electron chi connectivity index (χ3n) is 3.32. The van der Waals surface area contributed by atoms with Crippen LogP contribution in [0.4, 0.5) is 0 Å². The van der Waals surface area contributed by atoms with Crippen molar-refractivity contribution in [1.29, 1.82) is 0 Å². The zero-order chi connectivity index (χ0) is 13.6. The average Bonchev–Trinajstić information content (AvgIpc) is 2.35. The minimum atomic E-state index is 0.0307. The van der Waals surface area contributed by atoms with Gasteiger partial charge in [0.1, 0.15) is 0 Å². The van der Waals surface area contributed by atoms with Crippen LogP contribution in [0.2, 0.25) is 0 Å². The zero-order valence-corrected chi connectivity index (χ0v) is 11.8. The molecule has 0 atom stereocenters. The first-order valence-corrected chi connectivity index (χ1v) is 6.44. The quantitative estimate of drug-likeness (QED) is 0.756. The molecule has 3 nitrogen and oxygen atoms in total. The third kappa shape index (κ3) is 4.49. The minimum Gasteiger partial charge on any atom is -0.358 e. The molecule has 0 aliphatic rings. The second-order valence-electron chi connectivity index (χ2n) is 5.35. The van der Waals surface area contributed by atoms with Crippen LogP contribution in [0, 0.1) is 6.92 Å². The number of nitrogens with one attached hydrogen (secondary N) is 2. The van der Waals surface area contributed by atoms with Crippen molar-refractivity contribution in [3.63, 3.8) is 0 Å². The Morgan fingerprint density at radius 3 is 2.39 bits per heavy atom. The van der Waals surface area contributed by atoms with E-state index in [1.165, 1.54) is 11.1 Å². The normalized spacial score (nSPS) is 11.3. The topological polar surface area (TPSA) is 41.1 Å². The van der Waals surface area contributed by atoms with Gasteiger partial charge in [-0.2, -0.15) is 0 Å². The molecule has 1 rings (SSSR count). The van der Waals surface area contributed by atoms with Gasteiger partial charge in [-0.05, 0) is 30.9 Å². The van der Waals surface area contributed by atoms with Gasteiger partial charge in [-0.3, -0.25) is 4.79 Å². The molecular formula is C15H24N2O. The summed E-state index contributed by atoms with van der Waals surface area (Å²) in [6, 6.07) is 8.67. The van der Waals surface area contributed by atoms with Crippen molar-refractivity contribution >= 4 is 5.91 Å². The third-order valence-corrected chi connectivity index (χ3v) is 3.32. The molecule has 0 spiro atoms. The maximum atomic E-state index is 11.1. The van der Waals surface area contributed by atoms with Gasteiger partial charge in [0, 0.05) is 7.05 Å². The molecule has 0 saturated heterocycles. The van der Waals surface area contributed by atoms with E-state index in [4.69, 9.17) is 0 Å². The number of hydrogen-bond donors (Lipinski definition) is 2. The molecule has 0 fully saturated rings. The molecule has 3 heteroatoms. The van der Waals surface area contributed by atoms with Gasteiger partial charge in [0.15, 0.2) is 0 Å². The lowest BCUT2D eigenvalue weighted by molar-refractivity contribution is -0.119. The summed E-state index contributed by atoms with van der Waals surface area (Å²) in [5.41, 5.74) is 2.76. The summed E-state index contributed by atoms with van der Waals surface area (Å²) in [6.45, 7) is 7.80. The summed E-state index contributed by atoms with van der Waals surface area (Å²) in [5, 5.41) is 5.76. The zero-order valence-electron chi connectivity index (χ0n) is 11.8. The molecule has 0 heterocycles. The molecule has 0 unspecified atom stereocenters. The summed E-state index contributed by atoms with van der Waals surface area (Å²) < 4.78 is 0. The summed E-state index contributed by atoms with van der Waals surface area (Å²) >= 11 is 0. The standard InChI is InChI=1S/C15H24N2O/c1-12-5-7-13(8-6-12)15(2,3)9-10-17-11-14(18)16-4/h5-8,17H,9-11H2,1-4H3,(H,16,18). The van der Waals surface area contributed by atoms with E-state index in [-0.39, 0.29) is 11.3 Å². The van der Waals surface area contributed by atoms with Crippen LogP contribution in [0.15, 0.2) is 24.3 Å². The predicted molar refractivity (Wildman–Crippen MR) is 75.8 cm³/mol. The number of amides is 1. The highest BCUT2D eigenvalue weighted by molar-refractivity contribution is 5.77. The summed E-state index contributed by atoms with van der Waals surface area (Å²) in [5.74, 6) is 0.0307. The van der Waals surface area contributed by atoms with Crippen molar-refractivity contribution in [2.24, 2.45) is 0 Å². The maximum absolute atomic E-state index is 11.1. The van der Waals surface area contributed by atoms with E-state index in [0.29, 0.717) is 6.54 Å². The first-order chi connectivity index (χ1) is 8.45. The number of carbonyl (C=O) groups excluding carboxylic acids is 1. The Labute approximate surface area is 110 Å². The highest BCUT2D eigenvalue weighted by Crippen LogP contribution is 2.26. The monoisotopic (exact) mass is 248 g/mol. The second-order valence-corrected chi connectivity index (χ2v) is 5.35. The summed E-state index contributed by atoms with van der Waals surface area (Å²) in [4.78, 5) is 11.1. The highest BCUT2D eigenvalue weighted by Gasteiger charge is 2.19. The van der Waals surface area contributed by atoms with Gasteiger partial charge in [0.05, 0.1) is 6.54 Å². The first kappa shape index (κ1) is 14.7. The number of rotatable bonds is 6. The van der Waals surface area contributed by atoms with Crippen LogP contribution in [-0.2, 0) is 10.2 Å². The van der Waals surface area contributed by atoms with Crippen molar-refractivity contribution in [2.45, 2.75) is 32.6 Å². The molecular weight excluding hydrogens is 224 g/mol. The van der Waals surface area contributed by atoms with Crippen molar-refractivity contribution in [1.82, 2.24) is 10.6 Å². The van der Waals surface area contributed by atoms with Crippen LogP contribution >= 0.6 is 0 Å². The van der Waals surface area contributed by atoms with E-state index < -0.39 is 0 Å². The SMILES string of the molecule is CNC(=O)CNCCC(C)(C)c1ccc(C)cc1. The van der Waals surface area contributed by atoms with Gasteiger partial charge < -0.3 is 10.6 Å². The fourth-order valence-electron chi connectivity index (χ4n) is 1.84. The summed E-state index contributed by atoms with van der Waals surface area (Å²) in [6.07, 6.45) is 1.01. The first-order valence-electron chi connectivity index (χ1n) is 6.44. The molecule has 1 amide bonds. The average molecular weight is 248 g/mol. The minimum absolute atomic E-state index is 0.0307. The second kappa shape index (κ2) is 6.55. The van der Waals surface area contributed by atoms with Gasteiger partial charge in [-0.15, -0.1) is 0 Å². The Morgan fingerprint density at radius 1 is 1.22 bits per heavy atom. The van der Waals surface area contributed by atoms with Gasteiger partial charge in [0.25, 0.3) is 0 Å². The Hall–Kier alpha value is -1.35. The molecule has 100 valence electrons. The number of hydrogen-bond acceptors (Lipinski definition) is 2. The van der Waals surface area contributed by atoms with Crippen LogP contribution in [0.1, 0.15) is 31.4 Å². The van der Waals surface area contributed by atoms with E-state index in [1.807, 2.05) is 0 Å². The number of aryl methyl sites for hydroxylation is 1. The van der Waals surface area contributed by atoms with Crippen LogP contribution in [0.3, 0.4) is 0 Å². The highest BCUT2D eigenvalue weighted by atomic mass is 16.1. The van der Waals surface area contributed by atoms with Crippen LogP contribution in [0.5, 0.6) is 0 Å². The molecule has 2 N–H and O–H groups in total. The molecule has 0 bridgehead atoms. The van der Waals surface area contributed by atoms with E-state index in [2.05, 4.69) is 55.7 Å². The van der Waals surface area contributed by atoms with Crippen LogP contribution in [-0.4, -0.2) is 26.0 Å². The van der Waals surface area contributed by atoms with E-state index >= 15 is 0 Å². The fourth-order valence-corrected chi connectivity index (χ4v) is 1.84. The number of benzene rings is 1. The summed E-state index contributed by atoms with van der Waals surface area (Å²) in [7, 11) is 1.65. The lowest BCUT2D eigenvalue weighted by Crippen LogP contribution is -2.34. The van der Waals surface area contributed by atoms with Gasteiger partial charge in [-0.1, -0.05) is 43.7 Å². The van der Waals surface area contributed by atoms with Crippen molar-refractivity contribution in [3.8, 4) is 0 Å².